The van der Waals surface area contributed by atoms with Gasteiger partial charge in [-0.2, -0.15) is 0 Å². The molecule has 1 aromatic carbocycles. The maximum Gasteiger partial charge on any atom is 0.337 e. The largest absolute Gasteiger partial charge is 0.465 e. The lowest BCUT2D eigenvalue weighted by molar-refractivity contribution is -0.115. The Morgan fingerprint density at radius 2 is 1.86 bits per heavy atom. The van der Waals surface area contributed by atoms with Gasteiger partial charge in [0.25, 0.3) is 0 Å². The Morgan fingerprint density at radius 1 is 1.14 bits per heavy atom. The number of hydrogen-bond acceptors (Lipinski definition) is 6. The highest BCUT2D eigenvalue weighted by Gasteiger charge is 2.06. The minimum absolute atomic E-state index is 0.124. The molecule has 0 bridgehead atoms. The second-order valence-corrected chi connectivity index (χ2v) is 4.40. The molecular weight excluding hydrogens is 284 g/mol. The second kappa shape index (κ2) is 7.16. The number of carbonyl (C=O) groups is 2. The number of nitrogens with one attached hydrogen (secondary N) is 2. The monoisotopic (exact) mass is 300 g/mol. The van der Waals surface area contributed by atoms with Crippen LogP contribution in [0.3, 0.4) is 0 Å². The zero-order valence-electron chi connectivity index (χ0n) is 12.3. The van der Waals surface area contributed by atoms with Gasteiger partial charge in [-0.3, -0.25) is 4.79 Å². The van der Waals surface area contributed by atoms with Crippen LogP contribution in [-0.2, 0) is 9.53 Å². The van der Waals surface area contributed by atoms with Crippen molar-refractivity contribution < 1.29 is 14.3 Å². The van der Waals surface area contributed by atoms with Gasteiger partial charge in [-0.1, -0.05) is 13.0 Å². The molecule has 1 aromatic heterocycles. The van der Waals surface area contributed by atoms with Crippen LogP contribution in [0.5, 0.6) is 0 Å². The number of ether oxygens (including phenoxy) is 1. The zero-order chi connectivity index (χ0) is 15.9. The van der Waals surface area contributed by atoms with Crippen LogP contribution < -0.4 is 10.6 Å². The number of rotatable bonds is 5. The van der Waals surface area contributed by atoms with E-state index in [0.29, 0.717) is 29.3 Å². The molecule has 0 radical (unpaired) electrons. The Morgan fingerprint density at radius 3 is 2.50 bits per heavy atom. The van der Waals surface area contributed by atoms with Gasteiger partial charge in [0, 0.05) is 12.1 Å². The Balaban J connectivity index is 2.07. The van der Waals surface area contributed by atoms with Crippen molar-refractivity contribution in [2.24, 2.45) is 0 Å². The van der Waals surface area contributed by atoms with Gasteiger partial charge in [0.05, 0.1) is 12.7 Å². The van der Waals surface area contributed by atoms with Gasteiger partial charge in [-0.05, 0) is 30.3 Å². The normalized spacial score (nSPS) is 9.91. The molecule has 0 saturated carbocycles. The van der Waals surface area contributed by atoms with E-state index in [1.54, 1.807) is 43.3 Å². The summed E-state index contributed by atoms with van der Waals surface area (Å²) < 4.78 is 4.67. The highest BCUT2D eigenvalue weighted by Crippen LogP contribution is 2.17. The molecule has 0 aliphatic carbocycles. The first-order chi connectivity index (χ1) is 10.6. The fourth-order valence-electron chi connectivity index (χ4n) is 1.69. The number of benzene rings is 1. The Kier molecular flexibility index (Phi) is 5.02. The SMILES string of the molecule is CCC(=O)Nc1ccc(Nc2cccc(C(=O)OC)c2)nn1. The van der Waals surface area contributed by atoms with Gasteiger partial charge in [-0.15, -0.1) is 10.2 Å². The summed E-state index contributed by atoms with van der Waals surface area (Å²) in [5.74, 6) is 0.352. The maximum atomic E-state index is 11.5. The first-order valence-electron chi connectivity index (χ1n) is 6.71. The number of amides is 1. The minimum atomic E-state index is -0.410. The van der Waals surface area contributed by atoms with Crippen LogP contribution in [0.15, 0.2) is 36.4 Å². The van der Waals surface area contributed by atoms with Crippen molar-refractivity contribution in [3.63, 3.8) is 0 Å². The summed E-state index contributed by atoms with van der Waals surface area (Å²) in [5, 5.41) is 13.5. The van der Waals surface area contributed by atoms with Crippen molar-refractivity contribution in [2.75, 3.05) is 17.7 Å². The zero-order valence-corrected chi connectivity index (χ0v) is 12.3. The van der Waals surface area contributed by atoms with Crippen LogP contribution in [0.4, 0.5) is 17.3 Å². The van der Waals surface area contributed by atoms with Crippen molar-refractivity contribution in [1.82, 2.24) is 10.2 Å². The molecule has 0 atom stereocenters. The van der Waals surface area contributed by atoms with Crippen LogP contribution in [0, 0.1) is 0 Å². The molecule has 0 fully saturated rings. The first kappa shape index (κ1) is 15.4. The summed E-state index contributed by atoms with van der Waals surface area (Å²) in [6.45, 7) is 1.76. The number of nitrogens with zero attached hydrogens (tertiary/aromatic N) is 2. The molecule has 1 amide bonds. The molecule has 0 saturated heterocycles. The Labute approximate surface area is 127 Å². The quantitative estimate of drug-likeness (QED) is 0.823. The Hall–Kier alpha value is -2.96. The second-order valence-electron chi connectivity index (χ2n) is 4.40. The van der Waals surface area contributed by atoms with Gasteiger partial charge in [0.1, 0.15) is 0 Å². The molecule has 0 aliphatic heterocycles. The van der Waals surface area contributed by atoms with Gasteiger partial charge >= 0.3 is 5.97 Å². The summed E-state index contributed by atoms with van der Waals surface area (Å²) in [6, 6.07) is 10.2. The van der Waals surface area contributed by atoms with Gasteiger partial charge in [0.15, 0.2) is 11.6 Å². The summed E-state index contributed by atoms with van der Waals surface area (Å²) >= 11 is 0. The lowest BCUT2D eigenvalue weighted by Crippen LogP contribution is -2.11. The molecule has 22 heavy (non-hydrogen) atoms. The topological polar surface area (TPSA) is 93.2 Å². The van der Waals surface area contributed by atoms with E-state index in [9.17, 15) is 9.59 Å². The third-order valence-corrected chi connectivity index (χ3v) is 2.81. The summed E-state index contributed by atoms with van der Waals surface area (Å²) in [7, 11) is 1.33. The number of esters is 1. The Bertz CT molecular complexity index is 671. The third kappa shape index (κ3) is 4.02. The molecule has 2 rings (SSSR count). The van der Waals surface area contributed by atoms with Crippen LogP contribution in [-0.4, -0.2) is 29.2 Å². The first-order valence-corrected chi connectivity index (χ1v) is 6.71. The highest BCUT2D eigenvalue weighted by molar-refractivity contribution is 5.91. The lowest BCUT2D eigenvalue weighted by Gasteiger charge is -2.07. The minimum Gasteiger partial charge on any atom is -0.465 e. The van der Waals surface area contributed by atoms with Crippen LogP contribution >= 0.6 is 0 Å². The standard InChI is InChI=1S/C15H16N4O3/c1-3-14(20)17-13-8-7-12(18-19-13)16-11-6-4-5-10(9-11)15(21)22-2/h4-9H,3H2,1-2H3,(H,16,18)(H,17,19,20). The molecule has 2 aromatic rings. The van der Waals surface area contributed by atoms with Crippen molar-refractivity contribution >= 4 is 29.2 Å². The molecule has 0 spiro atoms. The molecule has 7 nitrogen and oxygen atoms in total. The molecule has 2 N–H and O–H groups in total. The molecule has 0 unspecified atom stereocenters. The van der Waals surface area contributed by atoms with Gasteiger partial charge in [-0.25, -0.2) is 4.79 Å². The van der Waals surface area contributed by atoms with Gasteiger partial charge in [0.2, 0.25) is 5.91 Å². The van der Waals surface area contributed by atoms with E-state index in [1.165, 1.54) is 7.11 Å². The van der Waals surface area contributed by atoms with E-state index >= 15 is 0 Å². The number of anilines is 3. The molecule has 7 heteroatoms. The fourth-order valence-corrected chi connectivity index (χ4v) is 1.69. The summed E-state index contributed by atoms with van der Waals surface area (Å²) in [4.78, 5) is 22.7. The predicted octanol–water partition coefficient (Wildman–Crippen LogP) is 2.36. The predicted molar refractivity (Wildman–Crippen MR) is 82.0 cm³/mol. The number of methoxy groups -OCH3 is 1. The van der Waals surface area contributed by atoms with Crippen molar-refractivity contribution in [2.45, 2.75) is 13.3 Å². The summed E-state index contributed by atoms with van der Waals surface area (Å²) in [6.07, 6.45) is 0.377. The van der Waals surface area contributed by atoms with E-state index in [4.69, 9.17) is 0 Å². The van der Waals surface area contributed by atoms with Crippen LogP contribution in [0.25, 0.3) is 0 Å². The van der Waals surface area contributed by atoms with E-state index < -0.39 is 5.97 Å². The van der Waals surface area contributed by atoms with E-state index in [0.717, 1.165) is 0 Å². The molecule has 114 valence electrons. The van der Waals surface area contributed by atoms with E-state index in [1.807, 2.05) is 0 Å². The number of carbonyl (C=O) groups excluding carboxylic acids is 2. The fraction of sp³-hybridized carbons (Fsp3) is 0.200. The smallest absolute Gasteiger partial charge is 0.337 e. The van der Waals surface area contributed by atoms with Crippen LogP contribution in [0.2, 0.25) is 0 Å². The van der Waals surface area contributed by atoms with Crippen molar-refractivity contribution in [3.05, 3.63) is 42.0 Å². The molecule has 0 aliphatic rings. The van der Waals surface area contributed by atoms with Gasteiger partial charge < -0.3 is 15.4 Å². The van der Waals surface area contributed by atoms with Crippen molar-refractivity contribution in [1.29, 1.82) is 0 Å². The maximum absolute atomic E-state index is 11.5. The van der Waals surface area contributed by atoms with Crippen LogP contribution in [0.1, 0.15) is 23.7 Å². The van der Waals surface area contributed by atoms with E-state index in [-0.39, 0.29) is 5.91 Å². The number of aromatic nitrogens is 2. The van der Waals surface area contributed by atoms with E-state index in [2.05, 4.69) is 25.6 Å². The lowest BCUT2D eigenvalue weighted by atomic mass is 10.2. The molecule has 1 heterocycles. The highest BCUT2D eigenvalue weighted by atomic mass is 16.5. The summed E-state index contributed by atoms with van der Waals surface area (Å²) in [5.41, 5.74) is 1.12. The van der Waals surface area contributed by atoms with Crippen molar-refractivity contribution in [3.8, 4) is 0 Å². The third-order valence-electron chi connectivity index (χ3n) is 2.81. The average molecular weight is 300 g/mol. The molecular formula is C15H16N4O3. The average Bonchev–Trinajstić information content (AvgIpc) is 2.56. The number of hydrogen-bond donors (Lipinski definition) is 2.